The van der Waals surface area contributed by atoms with Crippen molar-refractivity contribution in [3.63, 3.8) is 0 Å². The minimum atomic E-state index is -0.965. The number of hydrogen-bond acceptors (Lipinski definition) is 5. The standard InChI is InChI=1S/C18H18N2O4/c21-17(13-4-5-14-15(11-13)24-12-23-14)20-9-6-18(22,7-10-20)16-3-1-2-8-19-16/h1-5,8,11,22H,6-7,9-10,12H2. The highest BCUT2D eigenvalue weighted by atomic mass is 16.7. The lowest BCUT2D eigenvalue weighted by Crippen LogP contribution is -2.45. The topological polar surface area (TPSA) is 71.9 Å². The van der Waals surface area contributed by atoms with Crippen LogP contribution in [0.1, 0.15) is 28.9 Å². The number of nitrogens with zero attached hydrogens (tertiary/aromatic N) is 2. The summed E-state index contributed by atoms with van der Waals surface area (Å²) < 4.78 is 10.6. The monoisotopic (exact) mass is 326 g/mol. The lowest BCUT2D eigenvalue weighted by Gasteiger charge is -2.37. The number of rotatable bonds is 2. The maximum Gasteiger partial charge on any atom is 0.253 e. The first kappa shape index (κ1) is 15.0. The third kappa shape index (κ3) is 2.59. The predicted octanol–water partition coefficient (Wildman–Crippen LogP) is 1.93. The molecule has 4 rings (SSSR count). The van der Waals surface area contributed by atoms with Gasteiger partial charge in [0.05, 0.1) is 5.69 Å². The van der Waals surface area contributed by atoms with Crippen LogP contribution in [0.3, 0.4) is 0 Å². The summed E-state index contributed by atoms with van der Waals surface area (Å²) in [5.41, 5.74) is 0.273. The molecule has 124 valence electrons. The first-order valence-corrected chi connectivity index (χ1v) is 7.99. The molecule has 0 unspecified atom stereocenters. The average Bonchev–Trinajstić information content (AvgIpc) is 3.10. The van der Waals surface area contributed by atoms with Gasteiger partial charge in [-0.2, -0.15) is 0 Å². The molecule has 3 heterocycles. The third-order valence-electron chi connectivity index (χ3n) is 4.64. The zero-order valence-electron chi connectivity index (χ0n) is 13.1. The Morgan fingerprint density at radius 1 is 1.12 bits per heavy atom. The molecule has 0 bridgehead atoms. The minimum Gasteiger partial charge on any atom is -0.454 e. The summed E-state index contributed by atoms with van der Waals surface area (Å²) in [6, 6.07) is 10.7. The molecule has 1 aromatic heterocycles. The number of benzene rings is 1. The summed E-state index contributed by atoms with van der Waals surface area (Å²) in [5.74, 6) is 1.20. The molecule has 6 nitrogen and oxygen atoms in total. The van der Waals surface area contributed by atoms with E-state index >= 15 is 0 Å². The van der Waals surface area contributed by atoms with Crippen LogP contribution >= 0.6 is 0 Å². The second-order valence-electron chi connectivity index (χ2n) is 6.11. The van der Waals surface area contributed by atoms with Crippen LogP contribution in [0.4, 0.5) is 0 Å². The number of aromatic nitrogens is 1. The molecule has 2 aromatic rings. The van der Waals surface area contributed by atoms with Gasteiger partial charge < -0.3 is 19.5 Å². The predicted molar refractivity (Wildman–Crippen MR) is 85.8 cm³/mol. The molecule has 0 atom stereocenters. The van der Waals surface area contributed by atoms with E-state index in [0.29, 0.717) is 48.7 Å². The van der Waals surface area contributed by atoms with Gasteiger partial charge in [0.1, 0.15) is 5.60 Å². The fourth-order valence-electron chi connectivity index (χ4n) is 3.19. The number of carbonyl (C=O) groups is 1. The number of fused-ring (bicyclic) bond motifs is 1. The van der Waals surface area contributed by atoms with Crippen molar-refractivity contribution in [2.45, 2.75) is 18.4 Å². The van der Waals surface area contributed by atoms with Gasteiger partial charge in [-0.1, -0.05) is 6.07 Å². The Bertz CT molecular complexity index is 755. The van der Waals surface area contributed by atoms with E-state index in [1.54, 1.807) is 29.3 Å². The van der Waals surface area contributed by atoms with Gasteiger partial charge in [-0.3, -0.25) is 9.78 Å². The molecular formula is C18H18N2O4. The van der Waals surface area contributed by atoms with Crippen molar-refractivity contribution in [3.8, 4) is 11.5 Å². The summed E-state index contributed by atoms with van der Waals surface area (Å²) >= 11 is 0. The van der Waals surface area contributed by atoms with Gasteiger partial charge in [-0.15, -0.1) is 0 Å². The van der Waals surface area contributed by atoms with Crippen LogP contribution in [0, 0.1) is 0 Å². The second-order valence-corrected chi connectivity index (χ2v) is 6.11. The van der Waals surface area contributed by atoms with E-state index in [1.807, 2.05) is 18.2 Å². The van der Waals surface area contributed by atoms with E-state index in [-0.39, 0.29) is 12.7 Å². The van der Waals surface area contributed by atoms with Crippen molar-refractivity contribution >= 4 is 5.91 Å². The highest BCUT2D eigenvalue weighted by molar-refractivity contribution is 5.95. The SMILES string of the molecule is O=C(c1ccc2c(c1)OCO2)N1CCC(O)(c2ccccn2)CC1. The van der Waals surface area contributed by atoms with Crippen molar-refractivity contribution in [1.82, 2.24) is 9.88 Å². The van der Waals surface area contributed by atoms with E-state index in [9.17, 15) is 9.90 Å². The van der Waals surface area contributed by atoms with Gasteiger partial charge >= 0.3 is 0 Å². The van der Waals surface area contributed by atoms with Crippen LogP contribution in [0.15, 0.2) is 42.6 Å². The number of hydrogen-bond donors (Lipinski definition) is 1. The van der Waals surface area contributed by atoms with Gasteiger partial charge in [0, 0.05) is 24.8 Å². The highest BCUT2D eigenvalue weighted by Crippen LogP contribution is 2.34. The van der Waals surface area contributed by atoms with Gasteiger partial charge in [-0.25, -0.2) is 0 Å². The first-order valence-electron chi connectivity index (χ1n) is 7.99. The number of amides is 1. The molecule has 1 saturated heterocycles. The largest absolute Gasteiger partial charge is 0.454 e. The van der Waals surface area contributed by atoms with Crippen molar-refractivity contribution in [2.24, 2.45) is 0 Å². The summed E-state index contributed by atoms with van der Waals surface area (Å²) in [7, 11) is 0. The molecule has 6 heteroatoms. The molecular weight excluding hydrogens is 308 g/mol. The smallest absolute Gasteiger partial charge is 0.253 e. The Labute approximate surface area is 139 Å². The fraction of sp³-hybridized carbons (Fsp3) is 0.333. The first-order chi connectivity index (χ1) is 11.7. The summed E-state index contributed by atoms with van der Waals surface area (Å²) in [6.07, 6.45) is 2.62. The van der Waals surface area contributed by atoms with Crippen LogP contribution in [0.25, 0.3) is 0 Å². The van der Waals surface area contributed by atoms with E-state index in [2.05, 4.69) is 4.98 Å². The Balaban J connectivity index is 1.47. The fourth-order valence-corrected chi connectivity index (χ4v) is 3.19. The van der Waals surface area contributed by atoms with Gasteiger partial charge in [0.25, 0.3) is 5.91 Å². The number of aliphatic hydroxyl groups is 1. The van der Waals surface area contributed by atoms with E-state index in [4.69, 9.17) is 9.47 Å². The lowest BCUT2D eigenvalue weighted by atomic mass is 9.87. The molecule has 1 N–H and O–H groups in total. The zero-order chi connectivity index (χ0) is 16.6. The normalized spacial score (nSPS) is 18.5. The van der Waals surface area contributed by atoms with Crippen LogP contribution in [-0.4, -0.2) is 40.8 Å². The quantitative estimate of drug-likeness (QED) is 0.913. The molecule has 0 aliphatic carbocycles. The van der Waals surface area contributed by atoms with Crippen LogP contribution in [0.2, 0.25) is 0 Å². The lowest BCUT2D eigenvalue weighted by molar-refractivity contribution is -0.0244. The molecule has 2 aliphatic rings. The molecule has 1 fully saturated rings. The number of piperidine rings is 1. The van der Waals surface area contributed by atoms with E-state index < -0.39 is 5.60 Å². The number of carbonyl (C=O) groups excluding carboxylic acids is 1. The molecule has 0 spiro atoms. The Hall–Kier alpha value is -2.60. The molecule has 1 amide bonds. The maximum atomic E-state index is 12.7. The summed E-state index contributed by atoms with van der Waals surface area (Å²) in [5, 5.41) is 10.8. The molecule has 2 aliphatic heterocycles. The second kappa shape index (κ2) is 5.79. The summed E-state index contributed by atoms with van der Waals surface area (Å²) in [4.78, 5) is 18.7. The van der Waals surface area contributed by atoms with E-state index in [0.717, 1.165) is 0 Å². The van der Waals surface area contributed by atoms with Crippen molar-refractivity contribution in [2.75, 3.05) is 19.9 Å². The molecule has 24 heavy (non-hydrogen) atoms. The summed E-state index contributed by atoms with van der Waals surface area (Å²) in [6.45, 7) is 1.16. The van der Waals surface area contributed by atoms with Crippen molar-refractivity contribution < 1.29 is 19.4 Å². The third-order valence-corrected chi connectivity index (χ3v) is 4.64. The Kier molecular flexibility index (Phi) is 3.61. The molecule has 0 saturated carbocycles. The number of ether oxygens (including phenoxy) is 2. The minimum absolute atomic E-state index is 0.0589. The average molecular weight is 326 g/mol. The van der Waals surface area contributed by atoms with Crippen LogP contribution in [-0.2, 0) is 5.60 Å². The maximum absolute atomic E-state index is 12.7. The van der Waals surface area contributed by atoms with Crippen molar-refractivity contribution in [3.05, 3.63) is 53.9 Å². The molecule has 1 aromatic carbocycles. The zero-order valence-corrected chi connectivity index (χ0v) is 13.1. The highest BCUT2D eigenvalue weighted by Gasteiger charge is 2.36. The number of likely N-dealkylation sites (tertiary alicyclic amines) is 1. The van der Waals surface area contributed by atoms with Gasteiger partial charge in [0.2, 0.25) is 6.79 Å². The Morgan fingerprint density at radius 2 is 1.92 bits per heavy atom. The Morgan fingerprint density at radius 3 is 2.67 bits per heavy atom. The van der Waals surface area contributed by atoms with Gasteiger partial charge in [0.15, 0.2) is 11.5 Å². The van der Waals surface area contributed by atoms with Crippen molar-refractivity contribution in [1.29, 1.82) is 0 Å². The molecule has 0 radical (unpaired) electrons. The van der Waals surface area contributed by atoms with E-state index in [1.165, 1.54) is 0 Å². The van der Waals surface area contributed by atoms with Crippen LogP contribution < -0.4 is 9.47 Å². The van der Waals surface area contributed by atoms with Gasteiger partial charge in [-0.05, 0) is 43.2 Å². The van der Waals surface area contributed by atoms with Crippen LogP contribution in [0.5, 0.6) is 11.5 Å². The number of pyridine rings is 1.